The van der Waals surface area contributed by atoms with Gasteiger partial charge in [0.2, 0.25) is 0 Å². The second-order valence-electron chi connectivity index (χ2n) is 4.45. The molecule has 0 saturated heterocycles. The lowest BCUT2D eigenvalue weighted by atomic mass is 10.0. The Morgan fingerprint density at radius 3 is 2.23 bits per heavy atom. The molecule has 0 spiro atoms. The average Bonchev–Trinajstić information content (AvgIpc) is 1.96. The van der Waals surface area contributed by atoms with Gasteiger partial charge in [-0.25, -0.2) is 0 Å². The molecule has 0 aromatic carbocycles. The third kappa shape index (κ3) is 6.79. The summed E-state index contributed by atoms with van der Waals surface area (Å²) in [4.78, 5) is 2.22. The molecule has 0 rings (SSSR count). The number of likely N-dealkylation sites (N-methyl/N-ethyl adjacent to an activating group) is 1. The average molecular weight is 184 g/mol. The summed E-state index contributed by atoms with van der Waals surface area (Å²) in [6.45, 7) is 12.5. The predicted molar refractivity (Wildman–Crippen MR) is 60.0 cm³/mol. The number of rotatable bonds is 6. The van der Waals surface area contributed by atoms with Crippen LogP contribution in [0.4, 0.5) is 0 Å². The molecule has 0 aromatic heterocycles. The first-order valence-corrected chi connectivity index (χ1v) is 4.96. The van der Waals surface area contributed by atoms with E-state index in [1.165, 1.54) is 5.57 Å². The highest BCUT2D eigenvalue weighted by Crippen LogP contribution is 2.02. The molecule has 0 aliphatic carbocycles. The lowest BCUT2D eigenvalue weighted by Crippen LogP contribution is -2.42. The number of hydrogen-bond donors (Lipinski definition) is 1. The predicted octanol–water partition coefficient (Wildman–Crippen LogP) is 1.74. The zero-order valence-electron chi connectivity index (χ0n) is 9.72. The summed E-state index contributed by atoms with van der Waals surface area (Å²) < 4.78 is 0. The Morgan fingerprint density at radius 2 is 1.92 bits per heavy atom. The van der Waals surface area contributed by atoms with Gasteiger partial charge in [0.15, 0.2) is 0 Å². The SMILES string of the molecule is C=C(C)CNC(CN(C)C)C(C)C. The van der Waals surface area contributed by atoms with Crippen molar-refractivity contribution in [1.29, 1.82) is 0 Å². The summed E-state index contributed by atoms with van der Waals surface area (Å²) in [5.74, 6) is 0.668. The first-order valence-electron chi connectivity index (χ1n) is 4.96. The van der Waals surface area contributed by atoms with E-state index >= 15 is 0 Å². The Balaban J connectivity index is 3.87. The summed E-state index contributed by atoms with van der Waals surface area (Å²) in [6, 6.07) is 0.562. The van der Waals surface area contributed by atoms with Gasteiger partial charge in [-0.15, -0.1) is 0 Å². The first kappa shape index (κ1) is 12.7. The fourth-order valence-corrected chi connectivity index (χ4v) is 1.21. The van der Waals surface area contributed by atoms with Gasteiger partial charge in [-0.05, 0) is 26.9 Å². The van der Waals surface area contributed by atoms with Crippen LogP contribution in [0.25, 0.3) is 0 Å². The van der Waals surface area contributed by atoms with Crippen molar-refractivity contribution in [2.75, 3.05) is 27.2 Å². The highest BCUT2D eigenvalue weighted by Gasteiger charge is 2.12. The van der Waals surface area contributed by atoms with Crippen LogP contribution in [0.15, 0.2) is 12.2 Å². The van der Waals surface area contributed by atoms with Gasteiger partial charge < -0.3 is 10.2 Å². The molecule has 0 amide bonds. The largest absolute Gasteiger partial charge is 0.309 e. The van der Waals surface area contributed by atoms with Crippen molar-refractivity contribution in [3.63, 3.8) is 0 Å². The van der Waals surface area contributed by atoms with Crippen LogP contribution in [0, 0.1) is 5.92 Å². The van der Waals surface area contributed by atoms with Crippen molar-refractivity contribution in [1.82, 2.24) is 10.2 Å². The fraction of sp³-hybridized carbons (Fsp3) is 0.818. The van der Waals surface area contributed by atoms with Gasteiger partial charge in [0, 0.05) is 19.1 Å². The molecule has 0 heterocycles. The quantitative estimate of drug-likeness (QED) is 0.633. The summed E-state index contributed by atoms with van der Waals surface area (Å²) in [6.07, 6.45) is 0. The van der Waals surface area contributed by atoms with Crippen LogP contribution in [0.1, 0.15) is 20.8 Å². The lowest BCUT2D eigenvalue weighted by molar-refractivity contribution is 0.294. The van der Waals surface area contributed by atoms with Crippen LogP contribution >= 0.6 is 0 Å². The Labute approximate surface area is 83.0 Å². The van der Waals surface area contributed by atoms with E-state index in [4.69, 9.17) is 0 Å². The first-order chi connectivity index (χ1) is 5.93. The van der Waals surface area contributed by atoms with Crippen molar-refractivity contribution in [2.45, 2.75) is 26.8 Å². The standard InChI is InChI=1S/C11H24N2/c1-9(2)7-12-11(10(3)4)8-13(5)6/h10-12H,1,7-8H2,2-6H3. The molecule has 0 fully saturated rings. The molecule has 0 aliphatic heterocycles. The van der Waals surface area contributed by atoms with Crippen LogP contribution in [0.3, 0.4) is 0 Å². The zero-order chi connectivity index (χ0) is 10.4. The van der Waals surface area contributed by atoms with E-state index in [1.54, 1.807) is 0 Å². The van der Waals surface area contributed by atoms with Gasteiger partial charge in [-0.3, -0.25) is 0 Å². The maximum Gasteiger partial charge on any atom is 0.0220 e. The molecule has 2 nitrogen and oxygen atoms in total. The minimum Gasteiger partial charge on any atom is -0.309 e. The van der Waals surface area contributed by atoms with Crippen LogP contribution in [-0.2, 0) is 0 Å². The monoisotopic (exact) mass is 184 g/mol. The second-order valence-corrected chi connectivity index (χ2v) is 4.45. The highest BCUT2D eigenvalue weighted by molar-refractivity contribution is 4.92. The molecule has 1 atom stereocenters. The Bertz CT molecular complexity index is 150. The Hall–Kier alpha value is -0.340. The Kier molecular flexibility index (Phi) is 6.00. The van der Waals surface area contributed by atoms with E-state index in [9.17, 15) is 0 Å². The maximum absolute atomic E-state index is 3.89. The molecule has 1 unspecified atom stereocenters. The number of nitrogens with zero attached hydrogens (tertiary/aromatic N) is 1. The number of nitrogens with one attached hydrogen (secondary N) is 1. The summed E-state index contributed by atoms with van der Waals surface area (Å²) >= 11 is 0. The fourth-order valence-electron chi connectivity index (χ4n) is 1.21. The van der Waals surface area contributed by atoms with E-state index < -0.39 is 0 Å². The summed E-state index contributed by atoms with van der Waals surface area (Å²) in [7, 11) is 4.22. The maximum atomic E-state index is 3.89. The normalized spacial score (nSPS) is 13.8. The van der Waals surface area contributed by atoms with Crippen molar-refractivity contribution in [3.05, 3.63) is 12.2 Å². The molecule has 1 N–H and O–H groups in total. The molecular weight excluding hydrogens is 160 g/mol. The molecule has 78 valence electrons. The molecule has 0 saturated carbocycles. The third-order valence-electron chi connectivity index (χ3n) is 2.03. The summed E-state index contributed by atoms with van der Waals surface area (Å²) in [5.41, 5.74) is 1.20. The zero-order valence-corrected chi connectivity index (χ0v) is 9.72. The van der Waals surface area contributed by atoms with Gasteiger partial charge in [0.05, 0.1) is 0 Å². The molecule has 0 aliphatic rings. The topological polar surface area (TPSA) is 15.3 Å². The second kappa shape index (κ2) is 6.17. The van der Waals surface area contributed by atoms with Gasteiger partial charge in [0.25, 0.3) is 0 Å². The van der Waals surface area contributed by atoms with Gasteiger partial charge in [0.1, 0.15) is 0 Å². The van der Waals surface area contributed by atoms with Gasteiger partial charge >= 0.3 is 0 Å². The van der Waals surface area contributed by atoms with Gasteiger partial charge in [-0.2, -0.15) is 0 Å². The molecule has 13 heavy (non-hydrogen) atoms. The van der Waals surface area contributed by atoms with Crippen molar-refractivity contribution in [3.8, 4) is 0 Å². The smallest absolute Gasteiger partial charge is 0.0220 e. The van der Waals surface area contributed by atoms with Crippen LogP contribution in [-0.4, -0.2) is 38.1 Å². The minimum atomic E-state index is 0.562. The van der Waals surface area contributed by atoms with E-state index in [0.29, 0.717) is 12.0 Å². The summed E-state index contributed by atoms with van der Waals surface area (Å²) in [5, 5.41) is 3.51. The third-order valence-corrected chi connectivity index (χ3v) is 2.03. The van der Waals surface area contributed by atoms with Crippen molar-refractivity contribution in [2.24, 2.45) is 5.92 Å². The van der Waals surface area contributed by atoms with Crippen LogP contribution < -0.4 is 5.32 Å². The van der Waals surface area contributed by atoms with E-state index in [0.717, 1.165) is 13.1 Å². The molecule has 0 bridgehead atoms. The molecule has 0 aromatic rings. The molecule has 0 radical (unpaired) electrons. The van der Waals surface area contributed by atoms with Crippen LogP contribution in [0.2, 0.25) is 0 Å². The highest BCUT2D eigenvalue weighted by atomic mass is 15.1. The van der Waals surface area contributed by atoms with Crippen LogP contribution in [0.5, 0.6) is 0 Å². The van der Waals surface area contributed by atoms with Crippen molar-refractivity contribution < 1.29 is 0 Å². The van der Waals surface area contributed by atoms with E-state index in [1.807, 2.05) is 0 Å². The molecule has 2 heteroatoms. The van der Waals surface area contributed by atoms with E-state index in [2.05, 4.69) is 51.7 Å². The molecular formula is C11H24N2. The van der Waals surface area contributed by atoms with E-state index in [-0.39, 0.29) is 0 Å². The van der Waals surface area contributed by atoms with Gasteiger partial charge in [-0.1, -0.05) is 26.0 Å². The van der Waals surface area contributed by atoms with Crippen molar-refractivity contribution >= 4 is 0 Å². The Morgan fingerprint density at radius 1 is 1.38 bits per heavy atom. The minimum absolute atomic E-state index is 0.562. The lowest BCUT2D eigenvalue weighted by Gasteiger charge is -2.25. The number of hydrogen-bond acceptors (Lipinski definition) is 2.